The normalized spacial score (nSPS) is 21.5. The molecule has 4 aromatic heterocycles. The van der Waals surface area contributed by atoms with Crippen molar-refractivity contribution in [2.45, 2.75) is 63.8 Å². The van der Waals surface area contributed by atoms with Gasteiger partial charge in [-0.25, -0.2) is 19.3 Å². The van der Waals surface area contributed by atoms with E-state index in [1.165, 1.54) is 0 Å². The number of aromatic nitrogens is 4. The molecule has 0 spiro atoms. The van der Waals surface area contributed by atoms with Gasteiger partial charge in [0.1, 0.15) is 28.8 Å². The number of furan rings is 1. The highest BCUT2D eigenvalue weighted by atomic mass is 16.6. The SMILES string of the molecule is CN(C)[C@@H]1CCN(c2nccc3oc(-c4cnc5ccc(O[C@H]6C[C@H](NC(=O)OC(C)(C)C)C6)nn45)cc23)C1. The van der Waals surface area contributed by atoms with Gasteiger partial charge in [0.05, 0.1) is 11.6 Å². The molecule has 0 unspecified atom stereocenters. The van der Waals surface area contributed by atoms with Crippen molar-refractivity contribution in [1.29, 1.82) is 0 Å². The number of ether oxygens (including phenoxy) is 2. The first-order chi connectivity index (χ1) is 18.6. The maximum atomic E-state index is 12.0. The molecule has 1 amide bonds. The number of amides is 1. The predicted octanol–water partition coefficient (Wildman–Crippen LogP) is 4.11. The summed E-state index contributed by atoms with van der Waals surface area (Å²) in [5.41, 5.74) is 1.70. The van der Waals surface area contributed by atoms with Crippen LogP contribution in [0.1, 0.15) is 40.0 Å². The van der Waals surface area contributed by atoms with Gasteiger partial charge in [-0.05, 0) is 59.5 Å². The molecular formula is C28H35N7O4. The van der Waals surface area contributed by atoms with Gasteiger partial charge in [-0.1, -0.05) is 0 Å². The largest absolute Gasteiger partial charge is 0.473 e. The maximum absolute atomic E-state index is 12.0. The lowest BCUT2D eigenvalue weighted by Crippen LogP contribution is -2.50. The van der Waals surface area contributed by atoms with Gasteiger partial charge in [0.25, 0.3) is 0 Å². The zero-order valence-corrected chi connectivity index (χ0v) is 23.0. The molecule has 206 valence electrons. The summed E-state index contributed by atoms with van der Waals surface area (Å²) < 4.78 is 19.4. The van der Waals surface area contributed by atoms with Crippen LogP contribution < -0.4 is 15.0 Å². The fourth-order valence-electron chi connectivity index (χ4n) is 5.19. The van der Waals surface area contributed by atoms with Crippen LogP contribution in [0.15, 0.2) is 41.1 Å². The van der Waals surface area contributed by atoms with Crippen LogP contribution in [0.4, 0.5) is 10.6 Å². The van der Waals surface area contributed by atoms with Crippen LogP contribution in [0, 0.1) is 0 Å². The Bertz CT molecular complexity index is 1500. The zero-order valence-electron chi connectivity index (χ0n) is 23.0. The lowest BCUT2D eigenvalue weighted by atomic mass is 9.89. The van der Waals surface area contributed by atoms with E-state index in [1.807, 2.05) is 45.0 Å². The first-order valence-electron chi connectivity index (χ1n) is 13.4. The van der Waals surface area contributed by atoms with Crippen LogP contribution in [0.2, 0.25) is 0 Å². The summed E-state index contributed by atoms with van der Waals surface area (Å²) in [6.07, 6.45) is 5.62. The van der Waals surface area contributed by atoms with Gasteiger partial charge in [-0.3, -0.25) is 0 Å². The molecule has 11 heteroatoms. The Morgan fingerprint density at radius 2 is 2.00 bits per heavy atom. The van der Waals surface area contributed by atoms with E-state index in [-0.39, 0.29) is 12.1 Å². The Morgan fingerprint density at radius 1 is 1.18 bits per heavy atom. The molecule has 0 bridgehead atoms. The minimum Gasteiger partial charge on any atom is -0.473 e. The first-order valence-corrected chi connectivity index (χ1v) is 13.4. The zero-order chi connectivity index (χ0) is 27.3. The van der Waals surface area contributed by atoms with Gasteiger partial charge in [-0.15, -0.1) is 5.10 Å². The molecule has 2 fully saturated rings. The molecule has 2 aliphatic rings. The molecule has 4 aromatic rings. The average molecular weight is 534 g/mol. The summed E-state index contributed by atoms with van der Waals surface area (Å²) in [6.45, 7) is 7.44. The number of nitrogens with zero attached hydrogens (tertiary/aromatic N) is 6. The van der Waals surface area contributed by atoms with E-state index in [9.17, 15) is 4.79 Å². The number of likely N-dealkylation sites (N-methyl/N-ethyl adjacent to an activating group) is 1. The number of pyridine rings is 1. The molecule has 1 atom stereocenters. The van der Waals surface area contributed by atoms with Crippen molar-refractivity contribution < 1.29 is 18.7 Å². The highest BCUT2D eigenvalue weighted by Gasteiger charge is 2.34. The van der Waals surface area contributed by atoms with Crippen LogP contribution in [0.3, 0.4) is 0 Å². The number of carbonyl (C=O) groups is 1. The van der Waals surface area contributed by atoms with Crippen molar-refractivity contribution in [3.05, 3.63) is 36.7 Å². The quantitative estimate of drug-likeness (QED) is 0.391. The Hall–Kier alpha value is -3.86. The Balaban J connectivity index is 1.17. The molecule has 1 saturated carbocycles. The molecule has 1 saturated heterocycles. The molecule has 5 heterocycles. The van der Waals surface area contributed by atoms with E-state index in [4.69, 9.17) is 24.0 Å². The number of rotatable bonds is 6. The van der Waals surface area contributed by atoms with E-state index in [1.54, 1.807) is 16.9 Å². The van der Waals surface area contributed by atoms with Crippen LogP contribution in [0.25, 0.3) is 28.1 Å². The van der Waals surface area contributed by atoms with Crippen LogP contribution in [0.5, 0.6) is 5.88 Å². The van der Waals surface area contributed by atoms with Crippen molar-refractivity contribution in [3.63, 3.8) is 0 Å². The van der Waals surface area contributed by atoms with Crippen LogP contribution >= 0.6 is 0 Å². The number of alkyl carbamates (subject to hydrolysis) is 1. The molecule has 1 aliphatic carbocycles. The highest BCUT2D eigenvalue weighted by Crippen LogP contribution is 2.35. The molecule has 6 rings (SSSR count). The summed E-state index contributed by atoms with van der Waals surface area (Å²) in [4.78, 5) is 25.8. The number of fused-ring (bicyclic) bond motifs is 2. The summed E-state index contributed by atoms with van der Waals surface area (Å²) in [6, 6.07) is 8.15. The average Bonchev–Trinajstić information content (AvgIpc) is 3.58. The van der Waals surface area contributed by atoms with E-state index in [2.05, 4.69) is 34.2 Å². The smallest absolute Gasteiger partial charge is 0.407 e. The lowest BCUT2D eigenvalue weighted by molar-refractivity contribution is 0.0352. The lowest BCUT2D eigenvalue weighted by Gasteiger charge is -2.35. The topological polar surface area (TPSA) is 110 Å². The minimum atomic E-state index is -0.521. The van der Waals surface area contributed by atoms with Gasteiger partial charge >= 0.3 is 6.09 Å². The number of hydrogen-bond acceptors (Lipinski definition) is 9. The third-order valence-electron chi connectivity index (χ3n) is 7.31. The second-order valence-corrected chi connectivity index (χ2v) is 11.6. The summed E-state index contributed by atoms with van der Waals surface area (Å²) in [5, 5.41) is 8.56. The maximum Gasteiger partial charge on any atom is 0.407 e. The number of nitrogens with one attached hydrogen (secondary N) is 1. The Morgan fingerprint density at radius 3 is 2.74 bits per heavy atom. The third kappa shape index (κ3) is 5.23. The van der Waals surface area contributed by atoms with Crippen LogP contribution in [-0.4, -0.2) is 81.5 Å². The highest BCUT2D eigenvalue weighted by molar-refractivity contribution is 5.92. The second-order valence-electron chi connectivity index (χ2n) is 11.6. The molecular weight excluding hydrogens is 498 g/mol. The van der Waals surface area contributed by atoms with Crippen molar-refractivity contribution in [2.24, 2.45) is 0 Å². The van der Waals surface area contributed by atoms with Crippen molar-refractivity contribution in [1.82, 2.24) is 29.8 Å². The van der Waals surface area contributed by atoms with Gasteiger partial charge in [0.15, 0.2) is 11.4 Å². The predicted molar refractivity (Wildman–Crippen MR) is 147 cm³/mol. The molecule has 0 aromatic carbocycles. The van der Waals surface area contributed by atoms with Gasteiger partial charge < -0.3 is 29.0 Å². The number of carbonyl (C=O) groups excluding carboxylic acids is 1. The van der Waals surface area contributed by atoms with Gasteiger partial charge in [0, 0.05) is 50.3 Å². The van der Waals surface area contributed by atoms with Gasteiger partial charge in [-0.2, -0.15) is 0 Å². The van der Waals surface area contributed by atoms with Gasteiger partial charge in [0.2, 0.25) is 5.88 Å². The molecule has 0 radical (unpaired) electrons. The monoisotopic (exact) mass is 533 g/mol. The fraction of sp³-hybridized carbons (Fsp3) is 0.500. The minimum absolute atomic E-state index is 0.0272. The van der Waals surface area contributed by atoms with Crippen LogP contribution in [-0.2, 0) is 4.74 Å². The van der Waals surface area contributed by atoms with E-state index < -0.39 is 11.7 Å². The van der Waals surface area contributed by atoms with Crippen molar-refractivity contribution in [2.75, 3.05) is 32.1 Å². The standard InChI is InChI=1S/C28H35N7O4/c1-28(2,3)39-27(36)31-17-12-19(13-17)37-25-7-6-24-30-15-21(35(24)32-25)23-14-20-22(38-23)8-10-29-26(20)34-11-9-18(16-34)33(4)5/h6-8,10,14-15,17-19H,9,11-13,16H2,1-5H3,(H,31,36)/t17-,18-,19-/m1/s1. The van der Waals surface area contributed by atoms with Crippen molar-refractivity contribution in [3.8, 4) is 17.3 Å². The molecule has 1 N–H and O–H groups in total. The fourth-order valence-corrected chi connectivity index (χ4v) is 5.19. The Kier molecular flexibility index (Phi) is 6.33. The summed E-state index contributed by atoms with van der Waals surface area (Å²) >= 11 is 0. The summed E-state index contributed by atoms with van der Waals surface area (Å²) in [7, 11) is 4.25. The van der Waals surface area contributed by atoms with E-state index >= 15 is 0 Å². The van der Waals surface area contributed by atoms with E-state index in [0.29, 0.717) is 36.2 Å². The molecule has 11 nitrogen and oxygen atoms in total. The molecule has 1 aliphatic heterocycles. The number of anilines is 1. The molecule has 39 heavy (non-hydrogen) atoms. The number of hydrogen-bond donors (Lipinski definition) is 1. The summed E-state index contributed by atoms with van der Waals surface area (Å²) in [5.74, 6) is 2.11. The Labute approximate surface area is 227 Å². The van der Waals surface area contributed by atoms with Crippen molar-refractivity contribution >= 4 is 28.5 Å². The second kappa shape index (κ2) is 9.71. The first kappa shape index (κ1) is 25.4. The number of imidazole rings is 1. The third-order valence-corrected chi connectivity index (χ3v) is 7.31. The van der Waals surface area contributed by atoms with E-state index in [0.717, 1.165) is 42.0 Å².